The van der Waals surface area contributed by atoms with E-state index in [1.165, 1.54) is 4.31 Å². The van der Waals surface area contributed by atoms with Crippen LogP contribution in [0.1, 0.15) is 12.8 Å². The molecule has 0 saturated carbocycles. The normalized spacial score (nSPS) is 17.5. The molecule has 2 aromatic carbocycles. The topological polar surface area (TPSA) is 92.3 Å². The fraction of sp³-hybridized carbons (Fsp3) is 0.211. The molecule has 0 spiro atoms. The van der Waals surface area contributed by atoms with Crippen molar-refractivity contribution in [2.45, 2.75) is 23.8 Å². The molecular weight excluding hydrogens is 396 g/mol. The van der Waals surface area contributed by atoms with Gasteiger partial charge in [0.1, 0.15) is 6.04 Å². The van der Waals surface area contributed by atoms with Crippen molar-refractivity contribution in [1.29, 1.82) is 0 Å². The largest absolute Gasteiger partial charge is 0.299 e. The predicted molar refractivity (Wildman–Crippen MR) is 107 cm³/mol. The summed E-state index contributed by atoms with van der Waals surface area (Å²) in [5.74, 6) is 0.147. The average molecular weight is 415 g/mol. The maximum absolute atomic E-state index is 12.9. The molecule has 1 atom stereocenters. The molecule has 0 bridgehead atoms. The first kappa shape index (κ1) is 18.7. The minimum atomic E-state index is -3.72. The molecule has 1 unspecified atom stereocenters. The Labute approximate surface area is 167 Å². The standard InChI is InChI=1S/C19H18N4O3S2/c24-18(21-19-20-17(22-27-19)14-8-3-1-4-9-14)16-12-7-13-23(16)28(25,26)15-10-5-2-6-11-15/h1-6,8-11,16H,7,12-13H2,(H,20,21,22,24). The van der Waals surface area contributed by atoms with E-state index in [0.717, 1.165) is 17.1 Å². The summed E-state index contributed by atoms with van der Waals surface area (Å²) < 4.78 is 31.4. The Morgan fingerprint density at radius 3 is 2.46 bits per heavy atom. The van der Waals surface area contributed by atoms with Crippen LogP contribution in [-0.4, -0.2) is 40.6 Å². The van der Waals surface area contributed by atoms with E-state index >= 15 is 0 Å². The number of hydrogen-bond acceptors (Lipinski definition) is 6. The van der Waals surface area contributed by atoms with Crippen molar-refractivity contribution in [3.05, 3.63) is 60.7 Å². The van der Waals surface area contributed by atoms with E-state index in [4.69, 9.17) is 0 Å². The third-order valence-electron chi connectivity index (χ3n) is 4.54. The van der Waals surface area contributed by atoms with Gasteiger partial charge >= 0.3 is 0 Å². The number of hydrogen-bond donors (Lipinski definition) is 1. The number of carbonyl (C=O) groups is 1. The van der Waals surface area contributed by atoms with Gasteiger partial charge in [0.05, 0.1) is 4.90 Å². The van der Waals surface area contributed by atoms with Gasteiger partial charge in [-0.3, -0.25) is 10.1 Å². The van der Waals surface area contributed by atoms with Crippen LogP contribution in [0.5, 0.6) is 0 Å². The van der Waals surface area contributed by atoms with Gasteiger partial charge in [-0.15, -0.1) is 0 Å². The Bertz CT molecular complexity index is 1070. The molecule has 3 aromatic rings. The van der Waals surface area contributed by atoms with Gasteiger partial charge in [0.15, 0.2) is 5.82 Å². The van der Waals surface area contributed by atoms with Crippen LogP contribution in [-0.2, 0) is 14.8 Å². The Morgan fingerprint density at radius 2 is 1.75 bits per heavy atom. The van der Waals surface area contributed by atoms with E-state index in [1.807, 2.05) is 30.3 Å². The van der Waals surface area contributed by atoms with E-state index in [9.17, 15) is 13.2 Å². The summed E-state index contributed by atoms with van der Waals surface area (Å²) in [7, 11) is -3.72. The second-order valence-corrected chi connectivity index (χ2v) is 9.01. The zero-order valence-electron chi connectivity index (χ0n) is 14.9. The van der Waals surface area contributed by atoms with Gasteiger partial charge in [0, 0.05) is 23.6 Å². The molecule has 1 aliphatic rings. The quantitative estimate of drug-likeness (QED) is 0.693. The molecule has 1 fully saturated rings. The van der Waals surface area contributed by atoms with E-state index in [2.05, 4.69) is 14.7 Å². The highest BCUT2D eigenvalue weighted by atomic mass is 32.2. The van der Waals surface area contributed by atoms with Gasteiger partial charge in [-0.1, -0.05) is 48.5 Å². The smallest absolute Gasteiger partial charge is 0.244 e. The van der Waals surface area contributed by atoms with Crippen LogP contribution in [0.2, 0.25) is 0 Å². The fourth-order valence-corrected chi connectivity index (χ4v) is 5.46. The fourth-order valence-electron chi connectivity index (χ4n) is 3.19. The Morgan fingerprint density at radius 1 is 1.07 bits per heavy atom. The van der Waals surface area contributed by atoms with Crippen molar-refractivity contribution < 1.29 is 13.2 Å². The second-order valence-electron chi connectivity index (χ2n) is 6.37. The molecule has 28 heavy (non-hydrogen) atoms. The van der Waals surface area contributed by atoms with Crippen molar-refractivity contribution >= 4 is 32.6 Å². The lowest BCUT2D eigenvalue weighted by atomic mass is 10.2. The molecule has 2 heterocycles. The maximum atomic E-state index is 12.9. The highest BCUT2D eigenvalue weighted by Crippen LogP contribution is 2.27. The van der Waals surface area contributed by atoms with Crippen LogP contribution in [0.15, 0.2) is 65.6 Å². The summed E-state index contributed by atoms with van der Waals surface area (Å²) in [6.07, 6.45) is 1.11. The third kappa shape index (κ3) is 3.68. The molecule has 1 saturated heterocycles. The Kier molecular flexibility index (Phi) is 5.21. The molecule has 9 heteroatoms. The first-order valence-corrected chi connectivity index (χ1v) is 11.0. The minimum absolute atomic E-state index is 0.192. The van der Waals surface area contributed by atoms with Crippen LogP contribution in [0, 0.1) is 0 Å². The number of anilines is 1. The van der Waals surface area contributed by atoms with Crippen LogP contribution in [0.3, 0.4) is 0 Å². The number of amides is 1. The lowest BCUT2D eigenvalue weighted by molar-refractivity contribution is -0.119. The molecule has 7 nitrogen and oxygen atoms in total. The monoisotopic (exact) mass is 414 g/mol. The molecule has 0 aliphatic carbocycles. The van der Waals surface area contributed by atoms with E-state index in [1.54, 1.807) is 30.3 Å². The molecule has 1 amide bonds. The van der Waals surface area contributed by atoms with Crippen molar-refractivity contribution in [2.75, 3.05) is 11.9 Å². The number of nitrogens with one attached hydrogen (secondary N) is 1. The first-order valence-electron chi connectivity index (χ1n) is 8.82. The van der Waals surface area contributed by atoms with Crippen LogP contribution in [0.4, 0.5) is 5.13 Å². The van der Waals surface area contributed by atoms with Gasteiger partial charge in [-0.25, -0.2) is 8.42 Å². The summed E-state index contributed by atoms with van der Waals surface area (Å²) in [5, 5.41) is 3.08. The van der Waals surface area contributed by atoms with Crippen molar-refractivity contribution in [3.63, 3.8) is 0 Å². The number of sulfonamides is 1. The van der Waals surface area contributed by atoms with E-state index in [-0.39, 0.29) is 10.8 Å². The highest BCUT2D eigenvalue weighted by Gasteiger charge is 2.39. The lowest BCUT2D eigenvalue weighted by Gasteiger charge is -2.22. The molecule has 1 aromatic heterocycles. The second kappa shape index (κ2) is 7.78. The number of benzene rings is 2. The summed E-state index contributed by atoms with van der Waals surface area (Å²) in [6.45, 7) is 0.320. The average Bonchev–Trinajstić information content (AvgIpc) is 3.39. The van der Waals surface area contributed by atoms with Crippen molar-refractivity contribution in [2.24, 2.45) is 0 Å². The van der Waals surface area contributed by atoms with Gasteiger partial charge in [0.2, 0.25) is 21.1 Å². The van der Waals surface area contributed by atoms with Gasteiger partial charge in [0.25, 0.3) is 0 Å². The number of aromatic nitrogens is 2. The molecule has 1 aliphatic heterocycles. The van der Waals surface area contributed by atoms with Crippen molar-refractivity contribution in [3.8, 4) is 11.4 Å². The molecule has 144 valence electrons. The Hall–Kier alpha value is -2.62. The first-order chi connectivity index (χ1) is 13.6. The zero-order chi connectivity index (χ0) is 19.6. The predicted octanol–water partition coefficient (Wildman–Crippen LogP) is 3.00. The van der Waals surface area contributed by atoms with Crippen molar-refractivity contribution in [1.82, 2.24) is 13.7 Å². The molecular formula is C19H18N4O3S2. The van der Waals surface area contributed by atoms with E-state index in [0.29, 0.717) is 30.3 Å². The summed E-state index contributed by atoms with van der Waals surface area (Å²) in [6, 6.07) is 16.9. The van der Waals surface area contributed by atoms with E-state index < -0.39 is 16.1 Å². The van der Waals surface area contributed by atoms with Gasteiger partial charge < -0.3 is 0 Å². The molecule has 4 rings (SSSR count). The van der Waals surface area contributed by atoms with Crippen LogP contribution < -0.4 is 5.32 Å². The summed E-state index contributed by atoms with van der Waals surface area (Å²) in [4.78, 5) is 17.3. The number of nitrogens with zero attached hydrogens (tertiary/aromatic N) is 3. The number of carbonyl (C=O) groups excluding carboxylic acids is 1. The van der Waals surface area contributed by atoms with Crippen LogP contribution >= 0.6 is 11.5 Å². The van der Waals surface area contributed by atoms with Gasteiger partial charge in [-0.2, -0.15) is 13.7 Å². The van der Waals surface area contributed by atoms with Crippen LogP contribution in [0.25, 0.3) is 11.4 Å². The third-order valence-corrected chi connectivity index (χ3v) is 7.10. The zero-order valence-corrected chi connectivity index (χ0v) is 16.5. The van der Waals surface area contributed by atoms with Gasteiger partial charge in [-0.05, 0) is 25.0 Å². The maximum Gasteiger partial charge on any atom is 0.244 e. The summed E-state index contributed by atoms with van der Waals surface area (Å²) >= 11 is 1.08. The minimum Gasteiger partial charge on any atom is -0.299 e. The highest BCUT2D eigenvalue weighted by molar-refractivity contribution is 7.89. The lowest BCUT2D eigenvalue weighted by Crippen LogP contribution is -2.43. The molecule has 0 radical (unpaired) electrons. The summed E-state index contributed by atoms with van der Waals surface area (Å²) in [5.41, 5.74) is 0.855. The Balaban J connectivity index is 1.51. The SMILES string of the molecule is O=C(Nc1nc(-c2ccccc2)ns1)C1CCCN1S(=O)(=O)c1ccccc1. The number of rotatable bonds is 5. The molecule has 1 N–H and O–H groups in total.